The first-order valence-electron chi connectivity index (χ1n) is 9.87. The fourth-order valence-electron chi connectivity index (χ4n) is 3.25. The Morgan fingerprint density at radius 3 is 2.25 bits per heavy atom. The molecule has 2 amide bonds. The van der Waals surface area contributed by atoms with Crippen LogP contribution in [-0.4, -0.2) is 55.5 Å². The molecule has 1 aliphatic rings. The molecule has 0 radical (unpaired) electrons. The van der Waals surface area contributed by atoms with Gasteiger partial charge in [0, 0.05) is 49.3 Å². The molecule has 2 heterocycles. The summed E-state index contributed by atoms with van der Waals surface area (Å²) < 4.78 is 27.7. The van der Waals surface area contributed by atoms with Crippen molar-refractivity contribution in [3.63, 3.8) is 0 Å². The van der Waals surface area contributed by atoms with Crippen LogP contribution in [0.1, 0.15) is 0 Å². The first kappa shape index (κ1) is 21.8. The van der Waals surface area contributed by atoms with Gasteiger partial charge in [0.2, 0.25) is 5.95 Å². The van der Waals surface area contributed by atoms with Gasteiger partial charge in [-0.3, -0.25) is 4.72 Å². The van der Waals surface area contributed by atoms with E-state index in [1.54, 1.807) is 47.6 Å². The number of benzene rings is 2. The monoisotopic (exact) mass is 472 g/mol. The average Bonchev–Trinajstić information content (AvgIpc) is 2.80. The summed E-state index contributed by atoms with van der Waals surface area (Å²) in [6.07, 6.45) is 3.38. The Hall–Kier alpha value is -3.37. The molecule has 2 N–H and O–H groups in total. The van der Waals surface area contributed by atoms with Crippen LogP contribution in [0.2, 0.25) is 5.02 Å². The fourth-order valence-corrected chi connectivity index (χ4v) is 4.43. The Morgan fingerprint density at radius 2 is 1.56 bits per heavy atom. The number of halogens is 1. The third-order valence-corrected chi connectivity index (χ3v) is 6.54. The maximum atomic E-state index is 12.7. The van der Waals surface area contributed by atoms with Crippen LogP contribution >= 0.6 is 11.6 Å². The van der Waals surface area contributed by atoms with Crippen molar-refractivity contribution < 1.29 is 13.2 Å². The highest BCUT2D eigenvalue weighted by molar-refractivity contribution is 7.92. The summed E-state index contributed by atoms with van der Waals surface area (Å²) in [7, 11) is -3.78. The molecule has 1 saturated heterocycles. The second-order valence-electron chi connectivity index (χ2n) is 7.09. The van der Waals surface area contributed by atoms with Gasteiger partial charge in [0.15, 0.2) is 0 Å². The molecule has 0 bridgehead atoms. The van der Waals surface area contributed by atoms with Crippen LogP contribution in [-0.2, 0) is 10.0 Å². The molecule has 2 aromatic carbocycles. The minimum atomic E-state index is -3.78. The van der Waals surface area contributed by atoms with Crippen molar-refractivity contribution in [2.24, 2.45) is 0 Å². The standard InChI is InChI=1S/C21H21ClN6O3S/c22-16-5-7-19(8-6-16)32(30,31)26-18-4-1-3-17(15-18)25-21(29)28-13-11-27(12-14-28)20-23-9-2-10-24-20/h1-10,15,26H,11-14H2,(H,25,29). The Morgan fingerprint density at radius 1 is 0.906 bits per heavy atom. The van der Waals surface area contributed by atoms with Gasteiger partial charge in [-0.15, -0.1) is 0 Å². The molecule has 0 spiro atoms. The lowest BCUT2D eigenvalue weighted by Crippen LogP contribution is -2.50. The van der Waals surface area contributed by atoms with E-state index < -0.39 is 10.0 Å². The smallest absolute Gasteiger partial charge is 0.321 e. The first-order valence-corrected chi connectivity index (χ1v) is 11.7. The number of hydrogen-bond donors (Lipinski definition) is 2. The van der Waals surface area contributed by atoms with Gasteiger partial charge in [0.1, 0.15) is 0 Å². The van der Waals surface area contributed by atoms with E-state index in [0.717, 1.165) is 0 Å². The third kappa shape index (κ3) is 5.27. The molecule has 3 aromatic rings. The Balaban J connectivity index is 1.36. The zero-order chi connectivity index (χ0) is 22.6. The number of piperazine rings is 1. The highest BCUT2D eigenvalue weighted by Gasteiger charge is 2.22. The van der Waals surface area contributed by atoms with E-state index in [-0.39, 0.29) is 10.9 Å². The van der Waals surface area contributed by atoms with Crippen molar-refractivity contribution in [3.8, 4) is 0 Å². The van der Waals surface area contributed by atoms with Gasteiger partial charge in [0.25, 0.3) is 10.0 Å². The molecule has 0 aliphatic carbocycles. The van der Waals surface area contributed by atoms with E-state index in [4.69, 9.17) is 11.6 Å². The summed E-state index contributed by atoms with van der Waals surface area (Å²) in [5.74, 6) is 0.647. The quantitative estimate of drug-likeness (QED) is 0.590. The van der Waals surface area contributed by atoms with Crippen LogP contribution in [0.15, 0.2) is 71.9 Å². The van der Waals surface area contributed by atoms with Crippen molar-refractivity contribution in [1.82, 2.24) is 14.9 Å². The Labute approximate surface area is 191 Å². The van der Waals surface area contributed by atoms with Crippen molar-refractivity contribution >= 4 is 45.0 Å². The molecule has 9 nitrogen and oxygen atoms in total. The summed E-state index contributed by atoms with van der Waals surface area (Å²) >= 11 is 5.83. The number of anilines is 3. The Bertz CT molecular complexity index is 1180. The van der Waals surface area contributed by atoms with Gasteiger partial charge in [-0.25, -0.2) is 23.2 Å². The van der Waals surface area contributed by atoms with Crippen LogP contribution in [0.4, 0.5) is 22.1 Å². The van der Waals surface area contributed by atoms with E-state index in [1.165, 1.54) is 24.3 Å². The molecule has 4 rings (SSSR count). The van der Waals surface area contributed by atoms with Crippen molar-refractivity contribution in [2.75, 3.05) is 41.1 Å². The largest absolute Gasteiger partial charge is 0.337 e. The maximum Gasteiger partial charge on any atom is 0.321 e. The minimum absolute atomic E-state index is 0.0941. The second kappa shape index (κ2) is 9.41. The van der Waals surface area contributed by atoms with Gasteiger partial charge in [-0.2, -0.15) is 0 Å². The average molecular weight is 473 g/mol. The highest BCUT2D eigenvalue weighted by Crippen LogP contribution is 2.21. The predicted octanol–water partition coefficient (Wildman–Crippen LogP) is 3.28. The molecule has 11 heteroatoms. The number of nitrogens with zero attached hydrogens (tertiary/aromatic N) is 4. The summed E-state index contributed by atoms with van der Waals surface area (Å²) in [4.78, 5) is 25.0. The Kier molecular flexibility index (Phi) is 6.42. The third-order valence-electron chi connectivity index (χ3n) is 4.89. The van der Waals surface area contributed by atoms with E-state index in [1.807, 2.05) is 4.90 Å². The fraction of sp³-hybridized carbons (Fsp3) is 0.190. The summed E-state index contributed by atoms with van der Waals surface area (Å²) in [5.41, 5.74) is 0.823. The molecular formula is C21H21ClN6O3S. The number of carbonyl (C=O) groups excluding carboxylic acids is 1. The number of urea groups is 1. The molecule has 166 valence electrons. The molecule has 0 saturated carbocycles. The van der Waals surface area contributed by atoms with Gasteiger partial charge in [-0.05, 0) is 48.5 Å². The number of amides is 2. The topological polar surface area (TPSA) is 108 Å². The lowest BCUT2D eigenvalue weighted by molar-refractivity contribution is 0.208. The number of aromatic nitrogens is 2. The van der Waals surface area contributed by atoms with Gasteiger partial charge < -0.3 is 15.1 Å². The van der Waals surface area contributed by atoms with Crippen LogP contribution in [0.3, 0.4) is 0 Å². The first-order chi connectivity index (χ1) is 15.4. The summed E-state index contributed by atoms with van der Waals surface area (Å²) in [6.45, 7) is 2.29. The zero-order valence-electron chi connectivity index (χ0n) is 17.0. The van der Waals surface area contributed by atoms with E-state index in [0.29, 0.717) is 48.5 Å². The molecular weight excluding hydrogens is 452 g/mol. The lowest BCUT2D eigenvalue weighted by Gasteiger charge is -2.34. The van der Waals surface area contributed by atoms with Gasteiger partial charge in [0.05, 0.1) is 10.6 Å². The molecule has 0 atom stereocenters. The minimum Gasteiger partial charge on any atom is -0.337 e. The highest BCUT2D eigenvalue weighted by atomic mass is 35.5. The van der Waals surface area contributed by atoms with Gasteiger partial charge in [-0.1, -0.05) is 17.7 Å². The van der Waals surface area contributed by atoms with Crippen LogP contribution in [0, 0.1) is 0 Å². The molecule has 0 unspecified atom stereocenters. The lowest BCUT2D eigenvalue weighted by atomic mass is 10.3. The molecule has 1 fully saturated rings. The number of rotatable bonds is 5. The molecule has 1 aromatic heterocycles. The van der Waals surface area contributed by atoms with E-state index >= 15 is 0 Å². The number of hydrogen-bond acceptors (Lipinski definition) is 6. The normalized spacial score (nSPS) is 14.2. The van der Waals surface area contributed by atoms with Crippen LogP contribution < -0.4 is 14.9 Å². The maximum absolute atomic E-state index is 12.7. The van der Waals surface area contributed by atoms with Gasteiger partial charge >= 0.3 is 6.03 Å². The van der Waals surface area contributed by atoms with Crippen LogP contribution in [0.25, 0.3) is 0 Å². The second-order valence-corrected chi connectivity index (χ2v) is 9.21. The van der Waals surface area contributed by atoms with E-state index in [2.05, 4.69) is 20.0 Å². The number of carbonyl (C=O) groups is 1. The van der Waals surface area contributed by atoms with Crippen molar-refractivity contribution in [2.45, 2.75) is 4.90 Å². The van der Waals surface area contributed by atoms with Crippen molar-refractivity contribution in [3.05, 3.63) is 72.0 Å². The molecule has 1 aliphatic heterocycles. The molecule has 32 heavy (non-hydrogen) atoms. The number of sulfonamides is 1. The van der Waals surface area contributed by atoms with Crippen LogP contribution in [0.5, 0.6) is 0 Å². The SMILES string of the molecule is O=C(Nc1cccc(NS(=O)(=O)c2ccc(Cl)cc2)c1)N1CCN(c2ncccn2)CC1. The zero-order valence-corrected chi connectivity index (χ0v) is 18.6. The predicted molar refractivity (Wildman–Crippen MR) is 124 cm³/mol. The van der Waals surface area contributed by atoms with Crippen molar-refractivity contribution in [1.29, 1.82) is 0 Å². The summed E-state index contributed by atoms with van der Waals surface area (Å²) in [6, 6.07) is 13.9. The summed E-state index contributed by atoms with van der Waals surface area (Å²) in [5, 5.41) is 3.27. The number of nitrogens with one attached hydrogen (secondary N) is 2. The van der Waals surface area contributed by atoms with E-state index in [9.17, 15) is 13.2 Å².